The van der Waals surface area contributed by atoms with Gasteiger partial charge in [0.2, 0.25) is 11.1 Å². The van der Waals surface area contributed by atoms with Crippen LogP contribution in [-0.4, -0.2) is 54.3 Å². The highest BCUT2D eigenvalue weighted by Gasteiger charge is 2.26. The summed E-state index contributed by atoms with van der Waals surface area (Å²) in [5.74, 6) is 8.09. The van der Waals surface area contributed by atoms with E-state index in [1.807, 2.05) is 24.8 Å². The van der Waals surface area contributed by atoms with Gasteiger partial charge >= 0.3 is 0 Å². The number of likely N-dealkylation sites (tertiary alicyclic amines) is 1. The summed E-state index contributed by atoms with van der Waals surface area (Å²) in [5.41, 5.74) is 1.82. The second-order valence-electron chi connectivity index (χ2n) is 7.02. The molecule has 1 saturated heterocycles. The van der Waals surface area contributed by atoms with Crippen molar-refractivity contribution in [3.63, 3.8) is 0 Å². The fourth-order valence-electron chi connectivity index (χ4n) is 3.43. The predicted octanol–water partition coefficient (Wildman–Crippen LogP) is 1.39. The van der Waals surface area contributed by atoms with Gasteiger partial charge in [-0.1, -0.05) is 25.6 Å². The largest absolute Gasteiger partial charge is 0.341 e. The van der Waals surface area contributed by atoms with Crippen molar-refractivity contribution in [2.75, 3.05) is 24.7 Å². The van der Waals surface area contributed by atoms with Crippen LogP contribution in [0.3, 0.4) is 0 Å². The molecule has 0 bridgehead atoms. The summed E-state index contributed by atoms with van der Waals surface area (Å²) >= 11 is 1.31. The van der Waals surface area contributed by atoms with Crippen molar-refractivity contribution in [3.05, 3.63) is 17.5 Å². The first-order valence-electron chi connectivity index (χ1n) is 8.50. The first kappa shape index (κ1) is 17.8. The van der Waals surface area contributed by atoms with Crippen LogP contribution < -0.4 is 5.84 Å². The molecule has 2 aromatic heterocycles. The highest BCUT2D eigenvalue weighted by Crippen LogP contribution is 2.23. The molecular weight excluding hydrogens is 338 g/mol. The van der Waals surface area contributed by atoms with E-state index in [2.05, 4.69) is 29.1 Å². The van der Waals surface area contributed by atoms with E-state index in [0.29, 0.717) is 28.7 Å². The topological polar surface area (TPSA) is 94.9 Å². The highest BCUT2D eigenvalue weighted by molar-refractivity contribution is 7.99. The molecule has 2 atom stereocenters. The highest BCUT2D eigenvalue weighted by atomic mass is 32.2. The SMILES string of the molecule is Cc1cc(C)n(-c2nnc(SCC(=O)N3CC(C)CC(C)C3)n2N)n1. The molecule has 25 heavy (non-hydrogen) atoms. The van der Waals surface area contributed by atoms with Gasteiger partial charge in [-0.2, -0.15) is 5.10 Å². The van der Waals surface area contributed by atoms with Gasteiger partial charge in [0, 0.05) is 18.8 Å². The summed E-state index contributed by atoms with van der Waals surface area (Å²) in [6.07, 6.45) is 1.18. The van der Waals surface area contributed by atoms with E-state index in [0.717, 1.165) is 24.5 Å². The zero-order valence-electron chi connectivity index (χ0n) is 15.1. The minimum absolute atomic E-state index is 0.124. The molecule has 0 aromatic carbocycles. The standard InChI is InChI=1S/C16H25N7OS/c1-10-5-11(2)8-21(7-10)14(24)9-25-16-19-18-15(22(16)17)23-13(4)6-12(3)20-23/h6,10-11H,5,7-9,17H2,1-4H3. The van der Waals surface area contributed by atoms with Gasteiger partial charge in [0.1, 0.15) is 0 Å². The van der Waals surface area contributed by atoms with Crippen LogP contribution in [0.4, 0.5) is 0 Å². The zero-order valence-corrected chi connectivity index (χ0v) is 16.0. The van der Waals surface area contributed by atoms with Crippen LogP contribution in [0.1, 0.15) is 31.7 Å². The number of hydrogen-bond acceptors (Lipinski definition) is 6. The van der Waals surface area contributed by atoms with Crippen molar-refractivity contribution >= 4 is 17.7 Å². The van der Waals surface area contributed by atoms with Crippen LogP contribution in [0.5, 0.6) is 0 Å². The number of carbonyl (C=O) groups is 1. The molecule has 1 aliphatic rings. The van der Waals surface area contributed by atoms with Gasteiger partial charge in [0.15, 0.2) is 0 Å². The Kier molecular flexibility index (Phi) is 5.03. The van der Waals surface area contributed by atoms with E-state index in [4.69, 9.17) is 5.84 Å². The normalized spacial score (nSPS) is 20.9. The number of nitrogen functional groups attached to an aromatic ring is 1. The molecule has 9 heteroatoms. The second kappa shape index (κ2) is 7.07. The van der Waals surface area contributed by atoms with E-state index in [1.54, 1.807) is 4.68 Å². The third-order valence-corrected chi connectivity index (χ3v) is 5.32. The van der Waals surface area contributed by atoms with Crippen molar-refractivity contribution in [3.8, 4) is 5.95 Å². The van der Waals surface area contributed by atoms with Crippen LogP contribution >= 0.6 is 11.8 Å². The molecule has 8 nitrogen and oxygen atoms in total. The van der Waals surface area contributed by atoms with Crippen molar-refractivity contribution < 1.29 is 4.79 Å². The van der Waals surface area contributed by atoms with Crippen LogP contribution in [0.25, 0.3) is 5.95 Å². The summed E-state index contributed by atoms with van der Waals surface area (Å²) in [6.45, 7) is 9.89. The summed E-state index contributed by atoms with van der Waals surface area (Å²) in [6, 6.07) is 1.95. The maximum absolute atomic E-state index is 12.5. The Labute approximate surface area is 151 Å². The summed E-state index contributed by atoms with van der Waals surface area (Å²) in [7, 11) is 0. The van der Waals surface area contributed by atoms with E-state index >= 15 is 0 Å². The molecule has 136 valence electrons. The third kappa shape index (κ3) is 3.81. The number of nitrogens with zero attached hydrogens (tertiary/aromatic N) is 6. The number of amides is 1. The average Bonchev–Trinajstić information content (AvgIpc) is 3.05. The molecule has 3 rings (SSSR count). The summed E-state index contributed by atoms with van der Waals surface area (Å²) in [4.78, 5) is 14.4. The number of nitrogens with two attached hydrogens (primary N) is 1. The van der Waals surface area contributed by atoms with Gasteiger partial charge in [-0.15, -0.1) is 10.2 Å². The number of thioether (sulfide) groups is 1. The molecule has 3 heterocycles. The van der Waals surface area contributed by atoms with Crippen LogP contribution in [0.2, 0.25) is 0 Å². The molecule has 1 amide bonds. The number of hydrogen-bond donors (Lipinski definition) is 1. The molecule has 0 aliphatic carbocycles. The van der Waals surface area contributed by atoms with Crippen molar-refractivity contribution in [2.45, 2.75) is 39.3 Å². The Bertz CT molecular complexity index is 759. The number of piperidine rings is 1. The van der Waals surface area contributed by atoms with E-state index in [1.165, 1.54) is 22.9 Å². The maximum Gasteiger partial charge on any atom is 0.271 e. The Hall–Kier alpha value is -2.03. The van der Waals surface area contributed by atoms with Crippen LogP contribution in [0, 0.1) is 25.7 Å². The fraction of sp³-hybridized carbons (Fsp3) is 0.625. The van der Waals surface area contributed by atoms with Crippen molar-refractivity contribution in [1.82, 2.24) is 29.6 Å². The lowest BCUT2D eigenvalue weighted by Crippen LogP contribution is -2.43. The number of aryl methyl sites for hydroxylation is 2. The number of carbonyl (C=O) groups excluding carboxylic acids is 1. The van der Waals surface area contributed by atoms with E-state index in [9.17, 15) is 4.79 Å². The maximum atomic E-state index is 12.5. The quantitative estimate of drug-likeness (QED) is 0.651. The van der Waals surface area contributed by atoms with Gasteiger partial charge in [0.25, 0.3) is 5.95 Å². The lowest BCUT2D eigenvalue weighted by Gasteiger charge is -2.34. The molecule has 0 saturated carbocycles. The molecule has 0 radical (unpaired) electrons. The Morgan fingerprint density at radius 3 is 2.56 bits per heavy atom. The lowest BCUT2D eigenvalue weighted by atomic mass is 9.92. The van der Waals surface area contributed by atoms with Crippen molar-refractivity contribution in [2.24, 2.45) is 11.8 Å². The molecule has 2 N–H and O–H groups in total. The Morgan fingerprint density at radius 1 is 1.28 bits per heavy atom. The minimum atomic E-state index is 0.124. The minimum Gasteiger partial charge on any atom is -0.341 e. The molecule has 1 fully saturated rings. The first-order chi connectivity index (χ1) is 11.8. The van der Waals surface area contributed by atoms with Gasteiger partial charge in [-0.3, -0.25) is 4.79 Å². The third-order valence-electron chi connectivity index (χ3n) is 4.39. The summed E-state index contributed by atoms with van der Waals surface area (Å²) in [5, 5.41) is 13.1. The summed E-state index contributed by atoms with van der Waals surface area (Å²) < 4.78 is 3.04. The average molecular weight is 363 g/mol. The van der Waals surface area contributed by atoms with E-state index < -0.39 is 0 Å². The number of aromatic nitrogens is 5. The van der Waals surface area contributed by atoms with Gasteiger partial charge in [0.05, 0.1) is 11.4 Å². The molecule has 0 spiro atoms. The lowest BCUT2D eigenvalue weighted by molar-refractivity contribution is -0.130. The van der Waals surface area contributed by atoms with Crippen molar-refractivity contribution in [1.29, 1.82) is 0 Å². The van der Waals surface area contributed by atoms with Gasteiger partial charge in [-0.05, 0) is 38.2 Å². The molecule has 1 aliphatic heterocycles. The molecule has 2 unspecified atom stereocenters. The molecular formula is C16H25N7OS. The van der Waals surface area contributed by atoms with E-state index in [-0.39, 0.29) is 5.91 Å². The van der Waals surface area contributed by atoms with Crippen LogP contribution in [-0.2, 0) is 4.79 Å². The zero-order chi connectivity index (χ0) is 18.1. The van der Waals surface area contributed by atoms with Gasteiger partial charge in [-0.25, -0.2) is 9.36 Å². The Balaban J connectivity index is 1.66. The number of rotatable bonds is 4. The first-order valence-corrected chi connectivity index (χ1v) is 9.48. The Morgan fingerprint density at radius 2 is 1.96 bits per heavy atom. The fourth-order valence-corrected chi connectivity index (χ4v) is 4.18. The van der Waals surface area contributed by atoms with Gasteiger partial charge < -0.3 is 10.7 Å². The monoisotopic (exact) mass is 363 g/mol. The molecule has 2 aromatic rings. The predicted molar refractivity (Wildman–Crippen MR) is 97.0 cm³/mol. The second-order valence-corrected chi connectivity index (χ2v) is 7.97. The smallest absolute Gasteiger partial charge is 0.271 e. The van der Waals surface area contributed by atoms with Crippen LogP contribution in [0.15, 0.2) is 11.2 Å².